The molecule has 0 bridgehead atoms. The Kier molecular flexibility index (Phi) is 3.99. The Labute approximate surface area is 160 Å². The fourth-order valence-corrected chi connectivity index (χ4v) is 3.56. The number of furan rings is 1. The van der Waals surface area contributed by atoms with Gasteiger partial charge < -0.3 is 19.0 Å². The van der Waals surface area contributed by atoms with Crippen LogP contribution in [0, 0.1) is 27.7 Å². The second kappa shape index (κ2) is 6.26. The third-order valence-corrected chi connectivity index (χ3v) is 4.85. The summed E-state index contributed by atoms with van der Waals surface area (Å²) in [4.78, 5) is 30.0. The Morgan fingerprint density at radius 1 is 1.18 bits per heavy atom. The van der Waals surface area contributed by atoms with Gasteiger partial charge in [0.05, 0.1) is 5.57 Å². The lowest BCUT2D eigenvalue weighted by Crippen LogP contribution is -2.29. The number of carbonyl (C=O) groups excluding carboxylic acids is 2. The first kappa shape index (κ1) is 17.8. The number of aliphatic hydroxyl groups excluding tert-OH is 1. The second-order valence-electron chi connectivity index (χ2n) is 6.88. The van der Waals surface area contributed by atoms with Crippen LogP contribution in [0.15, 0.2) is 38.9 Å². The number of H-pyrrole nitrogens is 1. The van der Waals surface area contributed by atoms with E-state index in [1.807, 2.05) is 6.92 Å². The van der Waals surface area contributed by atoms with E-state index in [1.165, 1.54) is 4.90 Å². The van der Waals surface area contributed by atoms with Crippen LogP contribution in [0.4, 0.5) is 5.82 Å². The predicted octanol–water partition coefficient (Wildman–Crippen LogP) is 3.46. The van der Waals surface area contributed by atoms with Crippen molar-refractivity contribution in [1.29, 1.82) is 0 Å². The number of amides is 1. The monoisotopic (exact) mass is 381 g/mol. The highest BCUT2D eigenvalue weighted by Crippen LogP contribution is 2.43. The molecule has 8 heteroatoms. The van der Waals surface area contributed by atoms with E-state index in [0.29, 0.717) is 28.5 Å². The van der Waals surface area contributed by atoms with E-state index < -0.39 is 17.7 Å². The zero-order chi connectivity index (χ0) is 20.2. The molecule has 4 rings (SSSR count). The van der Waals surface area contributed by atoms with Gasteiger partial charge in [0.2, 0.25) is 0 Å². The maximum Gasteiger partial charge on any atom is 0.301 e. The molecule has 0 aromatic carbocycles. The maximum absolute atomic E-state index is 12.9. The Balaban J connectivity index is 1.97. The van der Waals surface area contributed by atoms with E-state index in [1.54, 1.807) is 45.2 Å². The molecule has 4 heterocycles. The van der Waals surface area contributed by atoms with Gasteiger partial charge in [-0.25, -0.2) is 0 Å². The predicted molar refractivity (Wildman–Crippen MR) is 99.7 cm³/mol. The molecule has 1 fully saturated rings. The van der Waals surface area contributed by atoms with E-state index in [-0.39, 0.29) is 17.2 Å². The van der Waals surface area contributed by atoms with Crippen LogP contribution in [-0.4, -0.2) is 26.9 Å². The first-order valence-corrected chi connectivity index (χ1v) is 8.75. The number of anilines is 1. The molecule has 0 radical (unpaired) electrons. The fourth-order valence-electron chi connectivity index (χ4n) is 3.56. The highest BCUT2D eigenvalue weighted by Gasteiger charge is 2.49. The van der Waals surface area contributed by atoms with Crippen LogP contribution in [0.3, 0.4) is 0 Å². The van der Waals surface area contributed by atoms with Gasteiger partial charge in [-0.05, 0) is 45.4 Å². The van der Waals surface area contributed by atoms with E-state index in [4.69, 9.17) is 8.94 Å². The Morgan fingerprint density at radius 2 is 1.93 bits per heavy atom. The first-order chi connectivity index (χ1) is 13.3. The van der Waals surface area contributed by atoms with Gasteiger partial charge in [-0.3, -0.25) is 14.5 Å². The van der Waals surface area contributed by atoms with Crippen molar-refractivity contribution in [2.45, 2.75) is 33.7 Å². The van der Waals surface area contributed by atoms with Gasteiger partial charge in [0, 0.05) is 23.5 Å². The summed E-state index contributed by atoms with van der Waals surface area (Å²) in [7, 11) is 0. The summed E-state index contributed by atoms with van der Waals surface area (Å²) in [5.74, 6) is -0.229. The Bertz CT molecular complexity index is 1110. The molecule has 144 valence electrons. The molecule has 8 nitrogen and oxygen atoms in total. The topological polar surface area (TPSA) is 113 Å². The minimum absolute atomic E-state index is 0.0502. The normalized spacial score (nSPS) is 19.0. The number of aryl methyl sites for hydroxylation is 4. The number of carbonyl (C=O) groups is 2. The highest BCUT2D eigenvalue weighted by atomic mass is 16.5. The molecule has 3 aromatic heterocycles. The summed E-state index contributed by atoms with van der Waals surface area (Å²) in [6, 6.07) is 4.01. The summed E-state index contributed by atoms with van der Waals surface area (Å²) in [5, 5.41) is 14.9. The maximum atomic E-state index is 12.9. The van der Waals surface area contributed by atoms with Crippen LogP contribution in [0.1, 0.15) is 40.1 Å². The van der Waals surface area contributed by atoms with Crippen molar-refractivity contribution in [2.24, 2.45) is 0 Å². The van der Waals surface area contributed by atoms with Crippen molar-refractivity contribution in [2.75, 3.05) is 4.90 Å². The minimum Gasteiger partial charge on any atom is -0.507 e. The second-order valence-corrected chi connectivity index (χ2v) is 6.88. The quantitative estimate of drug-likeness (QED) is 0.408. The highest BCUT2D eigenvalue weighted by molar-refractivity contribution is 6.51. The van der Waals surface area contributed by atoms with Crippen LogP contribution in [0.5, 0.6) is 0 Å². The van der Waals surface area contributed by atoms with E-state index in [9.17, 15) is 14.7 Å². The van der Waals surface area contributed by atoms with Gasteiger partial charge in [-0.2, -0.15) is 0 Å². The van der Waals surface area contributed by atoms with Gasteiger partial charge in [0.15, 0.2) is 5.82 Å². The molecule has 1 unspecified atom stereocenters. The molecular formula is C20H19N3O5. The van der Waals surface area contributed by atoms with E-state index in [0.717, 1.165) is 5.56 Å². The molecule has 1 aliphatic rings. The average Bonchev–Trinajstić information content (AvgIpc) is 3.38. The zero-order valence-electron chi connectivity index (χ0n) is 15.9. The number of aliphatic hydroxyl groups is 1. The van der Waals surface area contributed by atoms with Crippen LogP contribution in [0.25, 0.3) is 5.76 Å². The number of Topliss-reactive ketones (excluding diaryl/α,β-unsaturated/α-hetero) is 1. The first-order valence-electron chi connectivity index (χ1n) is 8.75. The molecule has 1 atom stereocenters. The summed E-state index contributed by atoms with van der Waals surface area (Å²) < 4.78 is 10.8. The summed E-state index contributed by atoms with van der Waals surface area (Å²) in [6.07, 6.45) is 1.73. The molecular weight excluding hydrogens is 362 g/mol. The Hall–Kier alpha value is -3.55. The third kappa shape index (κ3) is 2.57. The van der Waals surface area contributed by atoms with Crippen LogP contribution in [0.2, 0.25) is 0 Å². The van der Waals surface area contributed by atoms with Gasteiger partial charge >= 0.3 is 5.91 Å². The van der Waals surface area contributed by atoms with Crippen LogP contribution < -0.4 is 4.90 Å². The molecule has 28 heavy (non-hydrogen) atoms. The number of aromatic amines is 1. The SMILES string of the molecule is Cc1cc(N2C(=O)C(=O)/C(=C(/O)c3c(C)c[nH]c3C)C2c2ccc(C)o2)no1. The van der Waals surface area contributed by atoms with Gasteiger partial charge in [0.1, 0.15) is 29.1 Å². The largest absolute Gasteiger partial charge is 0.507 e. The average molecular weight is 381 g/mol. The standard InChI is InChI=1S/C20H19N3O5/c1-9-8-21-12(4)15(9)18(24)16-17(13-6-5-10(2)27-13)23(20(26)19(16)25)14-7-11(3)28-22-14/h5-8,17,21,24H,1-4H3/b18-16+. The summed E-state index contributed by atoms with van der Waals surface area (Å²) >= 11 is 0. The summed E-state index contributed by atoms with van der Waals surface area (Å²) in [6.45, 7) is 7.04. The van der Waals surface area contributed by atoms with Crippen LogP contribution in [-0.2, 0) is 9.59 Å². The van der Waals surface area contributed by atoms with Crippen molar-refractivity contribution in [1.82, 2.24) is 10.1 Å². The van der Waals surface area contributed by atoms with Crippen molar-refractivity contribution in [3.63, 3.8) is 0 Å². The molecule has 0 spiro atoms. The molecule has 1 saturated heterocycles. The fraction of sp³-hybridized carbons (Fsp3) is 0.250. The number of nitrogens with zero attached hydrogens (tertiary/aromatic N) is 2. The number of hydrogen-bond donors (Lipinski definition) is 2. The van der Waals surface area contributed by atoms with Gasteiger partial charge in [-0.15, -0.1) is 0 Å². The van der Waals surface area contributed by atoms with Gasteiger partial charge in [-0.1, -0.05) is 5.16 Å². The number of ketones is 1. The third-order valence-electron chi connectivity index (χ3n) is 4.85. The van der Waals surface area contributed by atoms with Crippen molar-refractivity contribution >= 4 is 23.3 Å². The minimum atomic E-state index is -0.952. The molecule has 1 amide bonds. The van der Waals surface area contributed by atoms with E-state index >= 15 is 0 Å². The zero-order valence-corrected chi connectivity index (χ0v) is 15.9. The molecule has 3 aromatic rings. The van der Waals surface area contributed by atoms with Crippen LogP contribution >= 0.6 is 0 Å². The lowest BCUT2D eigenvalue weighted by molar-refractivity contribution is -0.132. The number of nitrogens with one attached hydrogen (secondary N) is 1. The van der Waals surface area contributed by atoms with Crippen molar-refractivity contribution in [3.05, 3.63) is 64.1 Å². The molecule has 1 aliphatic heterocycles. The number of hydrogen-bond acceptors (Lipinski definition) is 6. The lowest BCUT2D eigenvalue weighted by Gasteiger charge is -2.20. The van der Waals surface area contributed by atoms with Crippen molar-refractivity contribution < 1.29 is 23.6 Å². The number of aromatic nitrogens is 2. The van der Waals surface area contributed by atoms with Crippen molar-refractivity contribution in [3.8, 4) is 0 Å². The Morgan fingerprint density at radius 3 is 2.46 bits per heavy atom. The lowest BCUT2D eigenvalue weighted by atomic mass is 9.98. The molecule has 0 saturated carbocycles. The number of rotatable bonds is 3. The van der Waals surface area contributed by atoms with E-state index in [2.05, 4.69) is 10.1 Å². The van der Waals surface area contributed by atoms with Gasteiger partial charge in [0.25, 0.3) is 5.78 Å². The summed E-state index contributed by atoms with van der Waals surface area (Å²) in [5.41, 5.74) is 1.88. The molecule has 2 N–H and O–H groups in total. The smallest absolute Gasteiger partial charge is 0.301 e. The molecule has 0 aliphatic carbocycles.